The molecule has 1 fully saturated rings. The third kappa shape index (κ3) is 6.08. The molecule has 1 saturated heterocycles. The number of hydrogen-bond donors (Lipinski definition) is 4. The molecule has 3 amide bonds. The highest BCUT2D eigenvalue weighted by molar-refractivity contribution is 5.79. The van der Waals surface area contributed by atoms with Crippen molar-refractivity contribution in [1.82, 2.24) is 16.0 Å². The van der Waals surface area contributed by atoms with Gasteiger partial charge in [0, 0.05) is 32.0 Å². The molecule has 7 nitrogen and oxygen atoms in total. The van der Waals surface area contributed by atoms with Crippen LogP contribution >= 0.6 is 0 Å². The minimum absolute atomic E-state index is 0.000702. The van der Waals surface area contributed by atoms with Gasteiger partial charge in [-0.05, 0) is 12.3 Å². The Morgan fingerprint density at radius 1 is 1.47 bits per heavy atom. The van der Waals surface area contributed by atoms with E-state index < -0.39 is 5.97 Å². The van der Waals surface area contributed by atoms with Gasteiger partial charge in [-0.2, -0.15) is 0 Å². The third-order valence-electron chi connectivity index (χ3n) is 3.19. The molecule has 0 spiro atoms. The molecule has 0 aromatic carbocycles. The van der Waals surface area contributed by atoms with Crippen LogP contribution < -0.4 is 16.0 Å². The Labute approximate surface area is 112 Å². The van der Waals surface area contributed by atoms with Gasteiger partial charge in [0.05, 0.1) is 0 Å². The van der Waals surface area contributed by atoms with Crippen molar-refractivity contribution < 1.29 is 19.5 Å². The molecule has 19 heavy (non-hydrogen) atoms. The average molecular weight is 271 g/mol. The predicted molar refractivity (Wildman–Crippen MR) is 68.6 cm³/mol. The van der Waals surface area contributed by atoms with E-state index >= 15 is 0 Å². The van der Waals surface area contributed by atoms with Crippen LogP contribution in [-0.2, 0) is 9.59 Å². The maximum atomic E-state index is 11.5. The van der Waals surface area contributed by atoms with Crippen molar-refractivity contribution in [3.05, 3.63) is 0 Å². The fourth-order valence-electron chi connectivity index (χ4n) is 1.95. The summed E-state index contributed by atoms with van der Waals surface area (Å²) in [6, 6.07) is -0.329. The molecule has 0 bridgehead atoms. The number of carboxylic acids is 1. The molecule has 1 aliphatic heterocycles. The maximum Gasteiger partial charge on any atom is 0.314 e. The fourth-order valence-corrected chi connectivity index (χ4v) is 1.95. The third-order valence-corrected chi connectivity index (χ3v) is 3.19. The van der Waals surface area contributed by atoms with E-state index in [4.69, 9.17) is 5.11 Å². The van der Waals surface area contributed by atoms with Gasteiger partial charge in [0.25, 0.3) is 0 Å². The quantitative estimate of drug-likeness (QED) is 0.525. The molecule has 7 heteroatoms. The summed E-state index contributed by atoms with van der Waals surface area (Å²) < 4.78 is 0. The van der Waals surface area contributed by atoms with Gasteiger partial charge in [0.2, 0.25) is 5.91 Å². The van der Waals surface area contributed by atoms with Gasteiger partial charge in [-0.15, -0.1) is 0 Å². The number of carbonyl (C=O) groups excluding carboxylic acids is 2. The van der Waals surface area contributed by atoms with Crippen molar-refractivity contribution >= 4 is 17.9 Å². The number of aliphatic carboxylic acids is 1. The van der Waals surface area contributed by atoms with Crippen molar-refractivity contribution in [2.45, 2.75) is 38.6 Å². The Hall–Kier alpha value is -1.79. The van der Waals surface area contributed by atoms with Gasteiger partial charge in [0.1, 0.15) is 0 Å². The normalized spacial score (nSPS) is 19.6. The fraction of sp³-hybridized carbons (Fsp3) is 0.750. The highest BCUT2D eigenvalue weighted by Crippen LogP contribution is 2.06. The van der Waals surface area contributed by atoms with Crippen molar-refractivity contribution in [2.24, 2.45) is 5.92 Å². The molecule has 0 aliphatic carbocycles. The van der Waals surface area contributed by atoms with Crippen molar-refractivity contribution in [3.63, 3.8) is 0 Å². The molecular formula is C12H21N3O4. The summed E-state index contributed by atoms with van der Waals surface area (Å²) in [5, 5.41) is 16.7. The van der Waals surface area contributed by atoms with Gasteiger partial charge in [0.15, 0.2) is 0 Å². The predicted octanol–water partition coefficient (Wildman–Crippen LogP) is 0.0651. The van der Waals surface area contributed by atoms with Crippen LogP contribution in [-0.4, -0.2) is 42.1 Å². The summed E-state index contributed by atoms with van der Waals surface area (Å²) in [6.07, 6.45) is 1.99. The second kappa shape index (κ2) is 7.60. The van der Waals surface area contributed by atoms with Crippen LogP contribution in [0.5, 0.6) is 0 Å². The molecule has 4 N–H and O–H groups in total. The molecular weight excluding hydrogens is 250 g/mol. The summed E-state index contributed by atoms with van der Waals surface area (Å²) in [5.41, 5.74) is 0. The van der Waals surface area contributed by atoms with Crippen LogP contribution in [0.15, 0.2) is 0 Å². The second-order valence-corrected chi connectivity index (χ2v) is 4.77. The first-order valence-electron chi connectivity index (χ1n) is 6.54. The van der Waals surface area contributed by atoms with E-state index in [0.717, 1.165) is 6.42 Å². The Morgan fingerprint density at radius 2 is 2.21 bits per heavy atom. The summed E-state index contributed by atoms with van der Waals surface area (Å²) in [5.74, 6) is -0.906. The molecule has 1 aliphatic rings. The Balaban J connectivity index is 2.16. The summed E-state index contributed by atoms with van der Waals surface area (Å²) >= 11 is 0. The standard InChI is InChI=1S/C12H21N3O4/c1-2-8(5-11(17)18)6-13-12(19)14-7-9-3-4-10(16)15-9/h8-9H,2-7H2,1H3,(H,15,16)(H,17,18)(H2,13,14,19). The van der Waals surface area contributed by atoms with E-state index in [2.05, 4.69) is 16.0 Å². The number of nitrogens with one attached hydrogen (secondary N) is 3. The van der Waals surface area contributed by atoms with Gasteiger partial charge < -0.3 is 21.1 Å². The van der Waals surface area contributed by atoms with E-state index in [1.807, 2.05) is 6.92 Å². The molecule has 0 radical (unpaired) electrons. The lowest BCUT2D eigenvalue weighted by atomic mass is 10.0. The Bertz CT molecular complexity index is 346. The lowest BCUT2D eigenvalue weighted by Gasteiger charge is -2.15. The van der Waals surface area contributed by atoms with Crippen LogP contribution in [0.1, 0.15) is 32.6 Å². The molecule has 0 saturated carbocycles. The SMILES string of the molecule is CCC(CNC(=O)NCC1CCC(=O)N1)CC(=O)O. The van der Waals surface area contributed by atoms with Crippen molar-refractivity contribution in [2.75, 3.05) is 13.1 Å². The molecule has 2 atom stereocenters. The number of hydrogen-bond acceptors (Lipinski definition) is 3. The molecule has 1 heterocycles. The van der Waals surface area contributed by atoms with Gasteiger partial charge in [-0.3, -0.25) is 9.59 Å². The molecule has 1 rings (SSSR count). The van der Waals surface area contributed by atoms with E-state index in [9.17, 15) is 14.4 Å². The largest absolute Gasteiger partial charge is 0.481 e. The highest BCUT2D eigenvalue weighted by atomic mass is 16.4. The average Bonchev–Trinajstić information content (AvgIpc) is 2.77. The smallest absolute Gasteiger partial charge is 0.314 e. The lowest BCUT2D eigenvalue weighted by Crippen LogP contribution is -2.44. The van der Waals surface area contributed by atoms with E-state index in [1.165, 1.54) is 0 Å². The molecule has 2 unspecified atom stereocenters. The first kappa shape index (κ1) is 15.3. The minimum Gasteiger partial charge on any atom is -0.481 e. The first-order valence-corrected chi connectivity index (χ1v) is 6.54. The maximum absolute atomic E-state index is 11.5. The summed E-state index contributed by atoms with van der Waals surface area (Å²) in [7, 11) is 0. The number of carboxylic acid groups (broad SMARTS) is 1. The van der Waals surface area contributed by atoms with E-state index in [0.29, 0.717) is 25.9 Å². The van der Waals surface area contributed by atoms with Crippen LogP contribution in [0, 0.1) is 5.92 Å². The van der Waals surface area contributed by atoms with Crippen LogP contribution in [0.2, 0.25) is 0 Å². The van der Waals surface area contributed by atoms with Crippen LogP contribution in [0.4, 0.5) is 4.79 Å². The monoisotopic (exact) mass is 271 g/mol. The van der Waals surface area contributed by atoms with E-state index in [-0.39, 0.29) is 30.3 Å². The zero-order chi connectivity index (χ0) is 14.3. The molecule has 0 aromatic heterocycles. The van der Waals surface area contributed by atoms with Gasteiger partial charge in [-0.25, -0.2) is 4.79 Å². The van der Waals surface area contributed by atoms with Crippen LogP contribution in [0.3, 0.4) is 0 Å². The second-order valence-electron chi connectivity index (χ2n) is 4.77. The summed E-state index contributed by atoms with van der Waals surface area (Å²) in [6.45, 7) is 2.63. The summed E-state index contributed by atoms with van der Waals surface area (Å²) in [4.78, 5) is 33.0. The van der Waals surface area contributed by atoms with Crippen molar-refractivity contribution in [1.29, 1.82) is 0 Å². The minimum atomic E-state index is -0.859. The van der Waals surface area contributed by atoms with Gasteiger partial charge in [-0.1, -0.05) is 13.3 Å². The van der Waals surface area contributed by atoms with Gasteiger partial charge >= 0.3 is 12.0 Å². The highest BCUT2D eigenvalue weighted by Gasteiger charge is 2.21. The Morgan fingerprint density at radius 3 is 2.74 bits per heavy atom. The number of rotatable bonds is 7. The topological polar surface area (TPSA) is 108 Å². The first-order chi connectivity index (χ1) is 9.01. The van der Waals surface area contributed by atoms with E-state index in [1.54, 1.807) is 0 Å². The van der Waals surface area contributed by atoms with Crippen molar-refractivity contribution in [3.8, 4) is 0 Å². The number of carbonyl (C=O) groups is 3. The molecule has 0 aromatic rings. The number of amides is 3. The Kier molecular flexibility index (Phi) is 6.11. The number of urea groups is 1. The molecule has 108 valence electrons. The van der Waals surface area contributed by atoms with Crippen LogP contribution in [0.25, 0.3) is 0 Å². The lowest BCUT2D eigenvalue weighted by molar-refractivity contribution is -0.138. The zero-order valence-electron chi connectivity index (χ0n) is 11.1. The zero-order valence-corrected chi connectivity index (χ0v) is 11.1.